The zero-order valence-corrected chi connectivity index (χ0v) is 12.1. The zero-order valence-electron chi connectivity index (χ0n) is 12.1. The van der Waals surface area contributed by atoms with E-state index in [9.17, 15) is 4.79 Å². The van der Waals surface area contributed by atoms with Crippen molar-refractivity contribution < 1.29 is 4.79 Å². The standard InChI is InChI=1S/C16H21N3O/c1-3-18-15(20)16(2)8-9-19(12-16)11-14-7-5-4-6-13(14)10-17/h4-7H,3,8-9,11-12H2,1-2H3,(H,18,20). The summed E-state index contributed by atoms with van der Waals surface area (Å²) in [5.74, 6) is 0.135. The van der Waals surface area contributed by atoms with Crippen molar-refractivity contribution >= 4 is 5.91 Å². The lowest BCUT2D eigenvalue weighted by atomic mass is 9.89. The highest BCUT2D eigenvalue weighted by Crippen LogP contribution is 2.31. The third kappa shape index (κ3) is 3.00. The summed E-state index contributed by atoms with van der Waals surface area (Å²) < 4.78 is 0. The molecule has 1 fully saturated rings. The van der Waals surface area contributed by atoms with Gasteiger partial charge >= 0.3 is 0 Å². The number of hydrogen-bond acceptors (Lipinski definition) is 3. The summed E-state index contributed by atoms with van der Waals surface area (Å²) in [4.78, 5) is 14.4. The fourth-order valence-corrected chi connectivity index (χ4v) is 2.76. The van der Waals surface area contributed by atoms with Gasteiger partial charge in [0, 0.05) is 19.6 Å². The summed E-state index contributed by atoms with van der Waals surface area (Å²) in [5, 5.41) is 12.0. The zero-order chi connectivity index (χ0) is 14.6. The van der Waals surface area contributed by atoms with Gasteiger partial charge < -0.3 is 5.32 Å². The molecule has 1 heterocycles. The first-order valence-corrected chi connectivity index (χ1v) is 7.08. The fourth-order valence-electron chi connectivity index (χ4n) is 2.76. The van der Waals surface area contributed by atoms with Crippen LogP contribution in [0.1, 0.15) is 31.4 Å². The van der Waals surface area contributed by atoms with Crippen LogP contribution in [0.4, 0.5) is 0 Å². The average molecular weight is 271 g/mol. The minimum absolute atomic E-state index is 0.135. The molecule has 1 aliphatic rings. The summed E-state index contributed by atoms with van der Waals surface area (Å²) >= 11 is 0. The van der Waals surface area contributed by atoms with E-state index in [-0.39, 0.29) is 11.3 Å². The Morgan fingerprint density at radius 3 is 2.95 bits per heavy atom. The van der Waals surface area contributed by atoms with E-state index in [0.29, 0.717) is 6.54 Å². The Kier molecular flexibility index (Phi) is 4.41. The smallest absolute Gasteiger partial charge is 0.227 e. The molecular formula is C16H21N3O. The van der Waals surface area contributed by atoms with Crippen LogP contribution in [0.3, 0.4) is 0 Å². The lowest BCUT2D eigenvalue weighted by molar-refractivity contribution is -0.129. The van der Waals surface area contributed by atoms with Crippen molar-refractivity contribution in [3.8, 4) is 6.07 Å². The molecule has 4 nitrogen and oxygen atoms in total. The van der Waals surface area contributed by atoms with Crippen molar-refractivity contribution in [2.45, 2.75) is 26.8 Å². The van der Waals surface area contributed by atoms with E-state index in [2.05, 4.69) is 16.3 Å². The van der Waals surface area contributed by atoms with E-state index in [1.165, 1.54) is 0 Å². The molecule has 0 saturated carbocycles. The number of nitriles is 1. The monoisotopic (exact) mass is 271 g/mol. The molecule has 0 aromatic heterocycles. The number of rotatable bonds is 4. The van der Waals surface area contributed by atoms with Crippen LogP contribution in [0, 0.1) is 16.7 Å². The van der Waals surface area contributed by atoms with Crippen LogP contribution in [0.5, 0.6) is 0 Å². The second-order valence-corrected chi connectivity index (χ2v) is 5.65. The number of amides is 1. The quantitative estimate of drug-likeness (QED) is 0.910. The largest absolute Gasteiger partial charge is 0.356 e. The minimum atomic E-state index is -0.308. The Hall–Kier alpha value is -1.86. The highest BCUT2D eigenvalue weighted by Gasteiger charge is 2.39. The van der Waals surface area contributed by atoms with Gasteiger partial charge in [0.2, 0.25) is 5.91 Å². The molecule has 1 unspecified atom stereocenters. The van der Waals surface area contributed by atoms with Crippen LogP contribution in [0.25, 0.3) is 0 Å². The van der Waals surface area contributed by atoms with Crippen molar-refractivity contribution in [2.75, 3.05) is 19.6 Å². The van der Waals surface area contributed by atoms with Crippen LogP contribution in [0.15, 0.2) is 24.3 Å². The molecule has 1 aromatic carbocycles. The van der Waals surface area contributed by atoms with Crippen molar-refractivity contribution in [3.05, 3.63) is 35.4 Å². The molecule has 1 amide bonds. The molecule has 1 atom stereocenters. The number of nitrogens with one attached hydrogen (secondary N) is 1. The molecule has 106 valence electrons. The van der Waals surface area contributed by atoms with Gasteiger partial charge in [-0.05, 0) is 38.4 Å². The van der Waals surface area contributed by atoms with Gasteiger partial charge in [-0.3, -0.25) is 9.69 Å². The van der Waals surface area contributed by atoms with E-state index in [1.54, 1.807) is 0 Å². The minimum Gasteiger partial charge on any atom is -0.356 e. The number of carbonyl (C=O) groups is 1. The molecule has 2 rings (SSSR count). The van der Waals surface area contributed by atoms with Gasteiger partial charge in [0.15, 0.2) is 0 Å². The van der Waals surface area contributed by atoms with E-state index >= 15 is 0 Å². The van der Waals surface area contributed by atoms with E-state index in [1.807, 2.05) is 38.1 Å². The third-order valence-corrected chi connectivity index (χ3v) is 3.97. The topological polar surface area (TPSA) is 56.1 Å². The van der Waals surface area contributed by atoms with Crippen molar-refractivity contribution in [3.63, 3.8) is 0 Å². The van der Waals surface area contributed by atoms with Crippen LogP contribution in [-0.2, 0) is 11.3 Å². The van der Waals surface area contributed by atoms with E-state index < -0.39 is 0 Å². The number of hydrogen-bond donors (Lipinski definition) is 1. The normalized spacial score (nSPS) is 22.4. The Bertz CT molecular complexity index is 535. The van der Waals surface area contributed by atoms with Gasteiger partial charge in [-0.1, -0.05) is 18.2 Å². The number of nitrogens with zero attached hydrogens (tertiary/aromatic N) is 2. The molecule has 0 spiro atoms. The first kappa shape index (κ1) is 14.5. The molecule has 1 aliphatic heterocycles. The SMILES string of the molecule is CCNC(=O)C1(C)CCN(Cc2ccccc2C#N)C1. The number of carbonyl (C=O) groups excluding carboxylic acids is 1. The Balaban J connectivity index is 2.04. The maximum Gasteiger partial charge on any atom is 0.227 e. The molecular weight excluding hydrogens is 250 g/mol. The summed E-state index contributed by atoms with van der Waals surface area (Å²) in [7, 11) is 0. The first-order valence-electron chi connectivity index (χ1n) is 7.08. The van der Waals surface area contributed by atoms with Crippen LogP contribution < -0.4 is 5.32 Å². The lowest BCUT2D eigenvalue weighted by Crippen LogP contribution is -2.40. The van der Waals surface area contributed by atoms with Crippen LogP contribution in [-0.4, -0.2) is 30.4 Å². The predicted molar refractivity (Wildman–Crippen MR) is 77.8 cm³/mol. The Labute approximate surface area is 120 Å². The molecule has 1 aromatic rings. The maximum atomic E-state index is 12.1. The summed E-state index contributed by atoms with van der Waals surface area (Å²) in [6.45, 7) is 7.02. The Morgan fingerprint density at radius 1 is 1.50 bits per heavy atom. The van der Waals surface area contributed by atoms with Gasteiger partial charge in [-0.2, -0.15) is 5.26 Å². The van der Waals surface area contributed by atoms with Crippen molar-refractivity contribution in [1.29, 1.82) is 5.26 Å². The van der Waals surface area contributed by atoms with Crippen molar-refractivity contribution in [2.24, 2.45) is 5.41 Å². The Morgan fingerprint density at radius 2 is 2.25 bits per heavy atom. The van der Waals surface area contributed by atoms with Gasteiger partial charge in [-0.15, -0.1) is 0 Å². The van der Waals surface area contributed by atoms with Gasteiger partial charge in [0.05, 0.1) is 17.0 Å². The predicted octanol–water partition coefficient (Wildman–Crippen LogP) is 1.91. The van der Waals surface area contributed by atoms with Gasteiger partial charge in [0.25, 0.3) is 0 Å². The molecule has 0 aliphatic carbocycles. The lowest BCUT2D eigenvalue weighted by Gasteiger charge is -2.23. The second-order valence-electron chi connectivity index (χ2n) is 5.65. The maximum absolute atomic E-state index is 12.1. The van der Waals surface area contributed by atoms with Gasteiger partial charge in [-0.25, -0.2) is 0 Å². The van der Waals surface area contributed by atoms with Gasteiger partial charge in [0.1, 0.15) is 0 Å². The molecule has 1 saturated heterocycles. The average Bonchev–Trinajstić information content (AvgIpc) is 2.82. The summed E-state index contributed by atoms with van der Waals surface area (Å²) in [6, 6.07) is 9.89. The number of likely N-dealkylation sites (tertiary alicyclic amines) is 1. The molecule has 1 N–H and O–H groups in total. The third-order valence-electron chi connectivity index (χ3n) is 3.97. The first-order chi connectivity index (χ1) is 9.59. The molecule has 20 heavy (non-hydrogen) atoms. The van der Waals surface area contributed by atoms with E-state index in [0.717, 1.165) is 37.2 Å². The van der Waals surface area contributed by atoms with E-state index in [4.69, 9.17) is 5.26 Å². The number of benzene rings is 1. The highest BCUT2D eigenvalue weighted by molar-refractivity contribution is 5.82. The van der Waals surface area contributed by atoms with Crippen LogP contribution >= 0.6 is 0 Å². The fraction of sp³-hybridized carbons (Fsp3) is 0.500. The molecule has 0 radical (unpaired) electrons. The molecule has 4 heteroatoms. The van der Waals surface area contributed by atoms with Crippen LogP contribution in [0.2, 0.25) is 0 Å². The highest BCUT2D eigenvalue weighted by atomic mass is 16.2. The van der Waals surface area contributed by atoms with Crippen molar-refractivity contribution in [1.82, 2.24) is 10.2 Å². The second kappa shape index (κ2) is 6.06. The summed E-state index contributed by atoms with van der Waals surface area (Å²) in [5.41, 5.74) is 1.45. The molecule has 0 bridgehead atoms. The summed E-state index contributed by atoms with van der Waals surface area (Å²) in [6.07, 6.45) is 0.869.